The van der Waals surface area contributed by atoms with E-state index in [1.807, 2.05) is 67.6 Å². The molecule has 0 amide bonds. The van der Waals surface area contributed by atoms with Crippen molar-refractivity contribution in [1.29, 1.82) is 0 Å². The van der Waals surface area contributed by atoms with Crippen LogP contribution in [0.3, 0.4) is 0 Å². The Bertz CT molecular complexity index is 703. The van der Waals surface area contributed by atoms with Crippen molar-refractivity contribution in [2.75, 3.05) is 0 Å². The van der Waals surface area contributed by atoms with Crippen LogP contribution in [0.5, 0.6) is 0 Å². The monoisotopic (exact) mass is 370 g/mol. The molecule has 3 rings (SSSR count). The average Bonchev–Trinajstić information content (AvgIpc) is 2.67. The molecule has 1 aliphatic rings. The average molecular weight is 370 g/mol. The molecule has 1 fully saturated rings. The van der Waals surface area contributed by atoms with E-state index in [4.69, 9.17) is 18.9 Å². The second kappa shape index (κ2) is 9.65. The quantitative estimate of drug-likeness (QED) is 0.693. The Morgan fingerprint density at radius 2 is 1.44 bits per heavy atom. The van der Waals surface area contributed by atoms with Crippen molar-refractivity contribution in [2.24, 2.45) is 0 Å². The summed E-state index contributed by atoms with van der Waals surface area (Å²) in [6.07, 6.45) is -0.852. The van der Waals surface area contributed by atoms with E-state index in [9.17, 15) is 4.79 Å². The summed E-state index contributed by atoms with van der Waals surface area (Å²) < 4.78 is 23.3. The zero-order valence-corrected chi connectivity index (χ0v) is 15.7. The molecule has 0 N–H and O–H groups in total. The first-order valence-electron chi connectivity index (χ1n) is 9.25. The molecule has 1 saturated heterocycles. The Balaban J connectivity index is 1.62. The van der Waals surface area contributed by atoms with Crippen molar-refractivity contribution in [3.8, 4) is 0 Å². The zero-order chi connectivity index (χ0) is 19.1. The van der Waals surface area contributed by atoms with Gasteiger partial charge in [-0.1, -0.05) is 60.7 Å². The van der Waals surface area contributed by atoms with Gasteiger partial charge in [-0.25, -0.2) is 0 Å². The Morgan fingerprint density at radius 3 is 1.96 bits per heavy atom. The van der Waals surface area contributed by atoms with Gasteiger partial charge in [0.25, 0.3) is 0 Å². The molecule has 0 saturated carbocycles. The lowest BCUT2D eigenvalue weighted by Gasteiger charge is -2.39. The third-order valence-electron chi connectivity index (χ3n) is 4.54. The molecule has 0 bridgehead atoms. The molecule has 0 radical (unpaired) electrons. The van der Waals surface area contributed by atoms with E-state index < -0.39 is 6.29 Å². The van der Waals surface area contributed by atoms with E-state index in [1.165, 1.54) is 6.92 Å². The van der Waals surface area contributed by atoms with Crippen LogP contribution in [0, 0.1) is 0 Å². The number of carbonyl (C=O) groups excluding carboxylic acids is 1. The Kier molecular flexibility index (Phi) is 6.98. The highest BCUT2D eigenvalue weighted by atomic mass is 16.7. The summed E-state index contributed by atoms with van der Waals surface area (Å²) in [5.41, 5.74) is 2.16. The van der Waals surface area contributed by atoms with Crippen LogP contribution in [0.1, 0.15) is 31.4 Å². The van der Waals surface area contributed by atoms with Crippen LogP contribution in [0.15, 0.2) is 60.7 Å². The van der Waals surface area contributed by atoms with E-state index in [1.54, 1.807) is 0 Å². The fourth-order valence-electron chi connectivity index (χ4n) is 3.09. The minimum Gasteiger partial charge on any atom is -0.433 e. The van der Waals surface area contributed by atoms with Gasteiger partial charge in [0.05, 0.1) is 25.4 Å². The molecule has 2 aromatic carbocycles. The second-order valence-corrected chi connectivity index (χ2v) is 6.72. The lowest BCUT2D eigenvalue weighted by Crippen LogP contribution is -2.49. The topological polar surface area (TPSA) is 54.0 Å². The molecule has 1 heterocycles. The Labute approximate surface area is 160 Å². The summed E-state index contributed by atoms with van der Waals surface area (Å²) in [4.78, 5) is 11.4. The van der Waals surface area contributed by atoms with Crippen LogP contribution < -0.4 is 0 Å². The van der Waals surface area contributed by atoms with Gasteiger partial charge in [0.15, 0.2) is 0 Å². The minimum atomic E-state index is -0.724. The van der Waals surface area contributed by atoms with Crippen molar-refractivity contribution in [3.05, 3.63) is 71.8 Å². The van der Waals surface area contributed by atoms with Crippen LogP contribution in [0.2, 0.25) is 0 Å². The van der Waals surface area contributed by atoms with Crippen molar-refractivity contribution in [1.82, 2.24) is 0 Å². The fraction of sp³-hybridized carbons (Fsp3) is 0.409. The summed E-state index contributed by atoms with van der Waals surface area (Å²) in [6.45, 7) is 4.23. The summed E-state index contributed by atoms with van der Waals surface area (Å²) in [6, 6.07) is 19.9. The van der Waals surface area contributed by atoms with Crippen molar-refractivity contribution >= 4 is 5.97 Å². The highest BCUT2D eigenvalue weighted by Gasteiger charge is 2.39. The van der Waals surface area contributed by atoms with E-state index in [-0.39, 0.29) is 24.3 Å². The SMILES string of the molecule is CC(=O)O[C@H]1O[C@H](C)[C@H](OCc2ccccc2)C[C@H]1OCc1ccccc1. The molecule has 5 heteroatoms. The lowest BCUT2D eigenvalue weighted by atomic mass is 10.0. The Hall–Kier alpha value is -2.21. The number of hydrogen-bond acceptors (Lipinski definition) is 5. The third-order valence-corrected chi connectivity index (χ3v) is 4.54. The molecule has 0 aromatic heterocycles. The van der Waals surface area contributed by atoms with Crippen molar-refractivity contribution in [3.63, 3.8) is 0 Å². The van der Waals surface area contributed by atoms with Gasteiger partial charge in [0.2, 0.25) is 6.29 Å². The zero-order valence-electron chi connectivity index (χ0n) is 15.7. The van der Waals surface area contributed by atoms with Gasteiger partial charge in [-0.15, -0.1) is 0 Å². The molecule has 0 unspecified atom stereocenters. The van der Waals surface area contributed by atoms with E-state index in [0.717, 1.165) is 11.1 Å². The first kappa shape index (κ1) is 19.5. The van der Waals surface area contributed by atoms with Crippen LogP contribution >= 0.6 is 0 Å². The maximum atomic E-state index is 11.4. The molecule has 1 aliphatic heterocycles. The van der Waals surface area contributed by atoms with E-state index in [0.29, 0.717) is 19.6 Å². The highest BCUT2D eigenvalue weighted by Crippen LogP contribution is 2.27. The molecule has 5 nitrogen and oxygen atoms in total. The number of esters is 1. The molecule has 0 spiro atoms. The van der Waals surface area contributed by atoms with Crippen molar-refractivity contribution in [2.45, 2.75) is 58.1 Å². The van der Waals surface area contributed by atoms with Gasteiger partial charge in [0, 0.05) is 13.3 Å². The van der Waals surface area contributed by atoms with Crippen LogP contribution in [0.4, 0.5) is 0 Å². The summed E-state index contributed by atoms with van der Waals surface area (Å²) in [5.74, 6) is -0.385. The maximum absolute atomic E-state index is 11.4. The van der Waals surface area contributed by atoms with Gasteiger partial charge in [-0.2, -0.15) is 0 Å². The van der Waals surface area contributed by atoms with Gasteiger partial charge in [0.1, 0.15) is 6.10 Å². The van der Waals surface area contributed by atoms with Crippen LogP contribution in [-0.2, 0) is 37.0 Å². The van der Waals surface area contributed by atoms with E-state index in [2.05, 4.69) is 0 Å². The van der Waals surface area contributed by atoms with Gasteiger partial charge < -0.3 is 18.9 Å². The molecule has 27 heavy (non-hydrogen) atoms. The predicted octanol–water partition coefficient (Wildman–Crippen LogP) is 3.86. The Morgan fingerprint density at radius 1 is 0.926 bits per heavy atom. The molecule has 4 atom stereocenters. The maximum Gasteiger partial charge on any atom is 0.305 e. The number of hydrogen-bond donors (Lipinski definition) is 0. The standard InChI is InChI=1S/C22H26O5/c1-16-20(24-14-18-9-5-3-6-10-18)13-21(22(26-16)27-17(2)23)25-15-19-11-7-4-8-12-19/h3-12,16,20-22H,13-15H2,1-2H3/t16-,20-,21-,22-/m1/s1. The normalized spacial score (nSPS) is 25.1. The number of carbonyl (C=O) groups is 1. The fourth-order valence-corrected chi connectivity index (χ4v) is 3.09. The number of rotatable bonds is 7. The first-order valence-corrected chi connectivity index (χ1v) is 9.25. The number of benzene rings is 2. The minimum absolute atomic E-state index is 0.141. The van der Waals surface area contributed by atoms with Gasteiger partial charge >= 0.3 is 5.97 Å². The predicted molar refractivity (Wildman–Crippen MR) is 101 cm³/mol. The second-order valence-electron chi connectivity index (χ2n) is 6.72. The third kappa shape index (κ3) is 5.89. The molecule has 2 aromatic rings. The van der Waals surface area contributed by atoms with Crippen molar-refractivity contribution < 1.29 is 23.7 Å². The summed E-state index contributed by atoms with van der Waals surface area (Å²) in [7, 11) is 0. The first-order chi connectivity index (χ1) is 13.1. The highest BCUT2D eigenvalue weighted by molar-refractivity contribution is 5.66. The lowest BCUT2D eigenvalue weighted by molar-refractivity contribution is -0.270. The van der Waals surface area contributed by atoms with Crippen LogP contribution in [0.25, 0.3) is 0 Å². The summed E-state index contributed by atoms with van der Waals surface area (Å²) >= 11 is 0. The van der Waals surface area contributed by atoms with Gasteiger partial charge in [-0.3, -0.25) is 4.79 Å². The molecule has 0 aliphatic carbocycles. The molecule has 144 valence electrons. The summed E-state index contributed by atoms with van der Waals surface area (Å²) in [5, 5.41) is 0. The van der Waals surface area contributed by atoms with Crippen LogP contribution in [-0.4, -0.2) is 30.6 Å². The smallest absolute Gasteiger partial charge is 0.305 e. The molecular formula is C22H26O5. The van der Waals surface area contributed by atoms with Gasteiger partial charge in [-0.05, 0) is 18.1 Å². The largest absolute Gasteiger partial charge is 0.433 e. The number of ether oxygens (including phenoxy) is 4. The molecular weight excluding hydrogens is 344 g/mol. The van der Waals surface area contributed by atoms with E-state index >= 15 is 0 Å².